The molecule has 1 rings (SSSR count). The van der Waals surface area contributed by atoms with Gasteiger partial charge in [-0.25, -0.2) is 4.79 Å². The van der Waals surface area contributed by atoms with Gasteiger partial charge in [0, 0.05) is 0 Å². The minimum Gasteiger partial charge on any atom is -0.438 e. The number of nitrogens with zero attached hydrogens (tertiary/aromatic N) is 3. The summed E-state index contributed by atoms with van der Waals surface area (Å²) in [5.74, 6) is -0.622. The van der Waals surface area contributed by atoms with Crippen molar-refractivity contribution in [3.8, 4) is 0 Å². The summed E-state index contributed by atoms with van der Waals surface area (Å²) in [7, 11) is 0. The van der Waals surface area contributed by atoms with Crippen LogP contribution in [0.4, 0.5) is 4.79 Å². The molecular weight excluding hydrogens is 284 g/mol. The molecule has 1 atom stereocenters. The van der Waals surface area contributed by atoms with Gasteiger partial charge in [0.15, 0.2) is 5.11 Å². The molecule has 0 spiro atoms. The van der Waals surface area contributed by atoms with Crippen molar-refractivity contribution in [1.29, 1.82) is 0 Å². The molecule has 118 valence electrons. The average Bonchev–Trinajstić information content (AvgIpc) is 2.43. The van der Waals surface area contributed by atoms with Crippen LogP contribution in [0.3, 0.4) is 0 Å². The molecule has 0 heterocycles. The standard InChI is InChI=1S/C15H21N4O3/c1-15(2,3)22-14(21)18-19-17-13(20)12(16)10-9-11-7-5-4-6-8-11/h4-8,12H,9-10,16H2,1-3H3/q+1/t12-/m1/s1. The van der Waals surface area contributed by atoms with Crippen molar-refractivity contribution >= 4 is 12.0 Å². The molecule has 0 aliphatic carbocycles. The predicted molar refractivity (Wildman–Crippen MR) is 81.0 cm³/mol. The number of nitrogens with two attached hydrogens (primary N) is 1. The summed E-state index contributed by atoms with van der Waals surface area (Å²) in [6.45, 7) is 5.09. The Labute approximate surface area is 129 Å². The van der Waals surface area contributed by atoms with E-state index in [0.717, 1.165) is 5.56 Å². The summed E-state index contributed by atoms with van der Waals surface area (Å²) < 4.78 is 4.88. The van der Waals surface area contributed by atoms with Crippen LogP contribution in [0.15, 0.2) is 40.6 Å². The van der Waals surface area contributed by atoms with Crippen LogP contribution in [0.5, 0.6) is 0 Å². The van der Waals surface area contributed by atoms with E-state index in [-0.39, 0.29) is 0 Å². The Morgan fingerprint density at radius 2 is 1.86 bits per heavy atom. The van der Waals surface area contributed by atoms with E-state index in [9.17, 15) is 9.59 Å². The van der Waals surface area contributed by atoms with Crippen LogP contribution in [0.2, 0.25) is 0 Å². The molecule has 2 amide bonds. The molecule has 0 fully saturated rings. The van der Waals surface area contributed by atoms with Gasteiger partial charge in [0.25, 0.3) is 0 Å². The number of ether oxygens (including phenoxy) is 1. The van der Waals surface area contributed by atoms with Crippen molar-refractivity contribution in [2.75, 3.05) is 0 Å². The Bertz CT molecular complexity index is 572. The monoisotopic (exact) mass is 305 g/mol. The SMILES string of the molecule is CC(C)(C)OC(=O)N=[N+]=NC(=O)[C@H](N)CCc1ccccc1. The Morgan fingerprint density at radius 1 is 1.23 bits per heavy atom. The van der Waals surface area contributed by atoms with Gasteiger partial charge in [-0.1, -0.05) is 30.3 Å². The van der Waals surface area contributed by atoms with E-state index in [1.807, 2.05) is 30.3 Å². The molecule has 0 aliphatic heterocycles. The summed E-state index contributed by atoms with van der Waals surface area (Å²) in [6, 6.07) is 8.89. The van der Waals surface area contributed by atoms with Gasteiger partial charge in [-0.05, 0) is 39.2 Å². The fourth-order valence-corrected chi connectivity index (χ4v) is 1.55. The molecule has 0 saturated heterocycles. The number of hydrogen-bond acceptors (Lipinski definition) is 4. The van der Waals surface area contributed by atoms with E-state index >= 15 is 0 Å². The molecule has 1 aromatic rings. The highest BCUT2D eigenvalue weighted by Crippen LogP contribution is 2.07. The number of rotatable bonds is 4. The molecule has 1 aromatic carbocycles. The van der Waals surface area contributed by atoms with E-state index in [1.165, 1.54) is 0 Å². The lowest BCUT2D eigenvalue weighted by molar-refractivity contribution is -0.119. The number of carbonyl (C=O) groups excluding carboxylic acids is 2. The zero-order chi connectivity index (χ0) is 16.6. The third kappa shape index (κ3) is 7.42. The normalized spacial score (nSPS) is 12.0. The highest BCUT2D eigenvalue weighted by molar-refractivity contribution is 5.81. The molecule has 7 nitrogen and oxygen atoms in total. The lowest BCUT2D eigenvalue weighted by Gasteiger charge is -2.15. The third-order valence-corrected chi connectivity index (χ3v) is 2.57. The number of benzene rings is 1. The van der Waals surface area contributed by atoms with Gasteiger partial charge in [-0.15, -0.1) is 0 Å². The molecule has 0 saturated carbocycles. The maximum absolute atomic E-state index is 11.6. The van der Waals surface area contributed by atoms with Gasteiger partial charge >= 0.3 is 12.0 Å². The van der Waals surface area contributed by atoms with Crippen LogP contribution in [0.25, 0.3) is 0 Å². The van der Waals surface area contributed by atoms with Gasteiger partial charge in [0.05, 0.1) is 6.04 Å². The van der Waals surface area contributed by atoms with Crippen molar-refractivity contribution in [3.63, 3.8) is 0 Å². The zero-order valence-corrected chi connectivity index (χ0v) is 13.0. The lowest BCUT2D eigenvalue weighted by atomic mass is 10.1. The fourth-order valence-electron chi connectivity index (χ4n) is 1.55. The number of carbonyl (C=O) groups is 2. The molecule has 7 heteroatoms. The summed E-state index contributed by atoms with van der Waals surface area (Å²) in [4.78, 5) is 26.0. The van der Waals surface area contributed by atoms with Crippen LogP contribution in [0.1, 0.15) is 32.8 Å². The second-order valence-electron chi connectivity index (χ2n) is 5.74. The topological polar surface area (TPSA) is 108 Å². The second kappa shape index (κ2) is 8.17. The molecular formula is C15H21N4O3+. The van der Waals surface area contributed by atoms with Crippen LogP contribution in [-0.4, -0.2) is 23.6 Å². The van der Waals surface area contributed by atoms with Gasteiger partial charge in [0.1, 0.15) is 5.60 Å². The maximum Gasteiger partial charge on any atom is 0.513 e. The first-order valence-electron chi connectivity index (χ1n) is 6.96. The van der Waals surface area contributed by atoms with Crippen molar-refractivity contribution in [1.82, 2.24) is 4.91 Å². The van der Waals surface area contributed by atoms with Gasteiger partial charge in [-0.3, -0.25) is 4.79 Å². The minimum absolute atomic E-state index is 0.439. The predicted octanol–water partition coefficient (Wildman–Crippen LogP) is 2.38. The van der Waals surface area contributed by atoms with Crippen LogP contribution in [-0.2, 0) is 16.0 Å². The number of amides is 2. The molecule has 0 unspecified atom stereocenters. The van der Waals surface area contributed by atoms with Crippen molar-refractivity contribution in [2.24, 2.45) is 16.0 Å². The van der Waals surface area contributed by atoms with Gasteiger partial charge < -0.3 is 10.5 Å². The third-order valence-electron chi connectivity index (χ3n) is 2.57. The fraction of sp³-hybridized carbons (Fsp3) is 0.467. The van der Waals surface area contributed by atoms with E-state index in [4.69, 9.17) is 10.5 Å². The van der Waals surface area contributed by atoms with Crippen molar-refractivity contribution in [2.45, 2.75) is 45.3 Å². The summed E-state index contributed by atoms with van der Waals surface area (Å²) >= 11 is 0. The zero-order valence-electron chi connectivity index (χ0n) is 13.0. The maximum atomic E-state index is 11.6. The largest absolute Gasteiger partial charge is 0.513 e. The summed E-state index contributed by atoms with van der Waals surface area (Å²) in [5.41, 5.74) is 6.13. The number of hydrogen-bond donors (Lipinski definition) is 1. The van der Waals surface area contributed by atoms with Gasteiger partial charge in [-0.2, -0.15) is 0 Å². The first-order chi connectivity index (χ1) is 10.3. The first kappa shape index (κ1) is 17.7. The summed E-state index contributed by atoms with van der Waals surface area (Å²) in [6.07, 6.45) is 0.197. The van der Waals surface area contributed by atoms with E-state index in [1.54, 1.807) is 20.8 Å². The Kier molecular flexibility index (Phi) is 6.56. The molecule has 2 N–H and O–H groups in total. The summed E-state index contributed by atoms with van der Waals surface area (Å²) in [5, 5.41) is 6.47. The van der Waals surface area contributed by atoms with E-state index in [2.05, 4.69) is 15.1 Å². The Balaban J connectivity index is 2.46. The molecule has 22 heavy (non-hydrogen) atoms. The first-order valence-corrected chi connectivity index (χ1v) is 6.96. The van der Waals surface area contributed by atoms with Crippen LogP contribution >= 0.6 is 0 Å². The molecule has 0 bridgehead atoms. The van der Waals surface area contributed by atoms with Crippen molar-refractivity contribution in [3.05, 3.63) is 35.9 Å². The smallest absolute Gasteiger partial charge is 0.438 e. The lowest BCUT2D eigenvalue weighted by Crippen LogP contribution is -2.29. The van der Waals surface area contributed by atoms with E-state index in [0.29, 0.717) is 12.8 Å². The second-order valence-corrected chi connectivity index (χ2v) is 5.74. The molecule has 0 radical (unpaired) electrons. The molecule has 0 aromatic heterocycles. The minimum atomic E-state index is -0.901. The Hall–Kier alpha value is -2.37. The van der Waals surface area contributed by atoms with Crippen LogP contribution in [0, 0.1) is 0 Å². The van der Waals surface area contributed by atoms with Gasteiger partial charge in [0.2, 0.25) is 10.0 Å². The van der Waals surface area contributed by atoms with E-state index < -0.39 is 23.6 Å². The number of aryl methyl sites for hydroxylation is 1. The highest BCUT2D eigenvalue weighted by Gasteiger charge is 2.20. The Morgan fingerprint density at radius 3 is 2.45 bits per heavy atom. The highest BCUT2D eigenvalue weighted by atomic mass is 16.6. The molecule has 0 aliphatic rings. The average molecular weight is 305 g/mol. The van der Waals surface area contributed by atoms with Crippen molar-refractivity contribution < 1.29 is 14.3 Å². The van der Waals surface area contributed by atoms with Crippen LogP contribution < -0.4 is 10.6 Å². The quantitative estimate of drug-likeness (QED) is 0.680.